The summed E-state index contributed by atoms with van der Waals surface area (Å²) >= 11 is 0. The molecule has 1 unspecified atom stereocenters. The highest BCUT2D eigenvalue weighted by Crippen LogP contribution is 2.23. The third-order valence-corrected chi connectivity index (χ3v) is 5.29. The highest BCUT2D eigenvalue weighted by atomic mass is 16.5. The highest BCUT2D eigenvalue weighted by Gasteiger charge is 2.09. The van der Waals surface area contributed by atoms with Gasteiger partial charge in [0.1, 0.15) is 0 Å². The number of aliphatic imine (C=N–C) groups is 1. The molecule has 0 aliphatic rings. The zero-order valence-corrected chi connectivity index (χ0v) is 20.1. The maximum absolute atomic E-state index is 6.48. The van der Waals surface area contributed by atoms with Gasteiger partial charge in [0, 0.05) is 31.1 Å². The van der Waals surface area contributed by atoms with Crippen LogP contribution in [0.1, 0.15) is 53.9 Å². The summed E-state index contributed by atoms with van der Waals surface area (Å²) in [6.07, 6.45) is 8.56. The number of methoxy groups -OCH3 is 1. The molecule has 0 radical (unpaired) electrons. The van der Waals surface area contributed by atoms with Crippen molar-refractivity contribution in [3.8, 4) is 0 Å². The lowest BCUT2D eigenvalue weighted by Gasteiger charge is -2.15. The Morgan fingerprint density at radius 1 is 1.17 bits per heavy atom. The molecular weight excluding hydrogens is 370 g/mol. The van der Waals surface area contributed by atoms with E-state index in [1.54, 1.807) is 13.2 Å². The Labute approximate surface area is 185 Å². The number of nitrogens with zero attached hydrogens (tertiary/aromatic N) is 1. The molecule has 0 aliphatic carbocycles. The quantitative estimate of drug-likeness (QED) is 0.207. The molecule has 0 aromatic rings. The van der Waals surface area contributed by atoms with Crippen molar-refractivity contribution in [2.45, 2.75) is 59.9 Å². The van der Waals surface area contributed by atoms with Gasteiger partial charge in [-0.15, -0.1) is 0 Å². The Bertz CT molecular complexity index is 708. The lowest BCUT2D eigenvalue weighted by molar-refractivity contribution is 0.164. The minimum Gasteiger partial charge on any atom is -0.398 e. The van der Waals surface area contributed by atoms with Gasteiger partial charge < -0.3 is 15.8 Å². The van der Waals surface area contributed by atoms with Gasteiger partial charge in [-0.1, -0.05) is 45.7 Å². The van der Waals surface area contributed by atoms with Crippen molar-refractivity contribution in [1.29, 1.82) is 0 Å². The summed E-state index contributed by atoms with van der Waals surface area (Å²) in [6, 6.07) is 0.400. The third kappa shape index (κ3) is 9.55. The van der Waals surface area contributed by atoms with Gasteiger partial charge in [0.05, 0.1) is 6.61 Å². The maximum Gasteiger partial charge on any atom is 0.0615 e. The van der Waals surface area contributed by atoms with E-state index >= 15 is 0 Å². The first-order valence-corrected chi connectivity index (χ1v) is 10.8. The van der Waals surface area contributed by atoms with E-state index in [0.717, 1.165) is 72.5 Å². The second-order valence-electron chi connectivity index (χ2n) is 7.44. The molecule has 0 saturated heterocycles. The van der Waals surface area contributed by atoms with E-state index in [0.29, 0.717) is 11.7 Å². The predicted molar refractivity (Wildman–Crippen MR) is 134 cm³/mol. The Morgan fingerprint density at radius 3 is 2.33 bits per heavy atom. The van der Waals surface area contributed by atoms with Crippen LogP contribution in [0.3, 0.4) is 0 Å². The molecule has 0 amide bonds. The number of hydrogen-bond donors (Lipinski definition) is 2. The lowest BCUT2D eigenvalue weighted by Crippen LogP contribution is -2.33. The summed E-state index contributed by atoms with van der Waals surface area (Å²) in [4.78, 5) is 4.71. The highest BCUT2D eigenvalue weighted by molar-refractivity contribution is 5.99. The summed E-state index contributed by atoms with van der Waals surface area (Å²) < 4.78 is 5.21. The molecule has 0 aliphatic heterocycles. The van der Waals surface area contributed by atoms with E-state index in [9.17, 15) is 0 Å². The minimum atomic E-state index is 0.400. The van der Waals surface area contributed by atoms with Crippen molar-refractivity contribution in [1.82, 2.24) is 5.32 Å². The second-order valence-corrected chi connectivity index (χ2v) is 7.44. The number of nitrogens with one attached hydrogen (secondary N) is 1. The second kappa shape index (κ2) is 15.6. The molecule has 0 fully saturated rings. The molecule has 30 heavy (non-hydrogen) atoms. The summed E-state index contributed by atoms with van der Waals surface area (Å²) in [5.41, 5.74) is 13.1. The first kappa shape index (κ1) is 27.8. The fourth-order valence-corrected chi connectivity index (χ4v) is 2.88. The van der Waals surface area contributed by atoms with Gasteiger partial charge in [-0.05, 0) is 80.5 Å². The largest absolute Gasteiger partial charge is 0.398 e. The van der Waals surface area contributed by atoms with Gasteiger partial charge in [0.15, 0.2) is 0 Å². The maximum atomic E-state index is 6.48. The molecular formula is C26H43N3O. The monoisotopic (exact) mass is 413 g/mol. The van der Waals surface area contributed by atoms with Crippen LogP contribution in [0.25, 0.3) is 0 Å². The van der Waals surface area contributed by atoms with Gasteiger partial charge in [-0.3, -0.25) is 4.99 Å². The zero-order valence-electron chi connectivity index (χ0n) is 20.1. The molecule has 0 rings (SSSR count). The van der Waals surface area contributed by atoms with Crippen LogP contribution in [0.4, 0.5) is 0 Å². The van der Waals surface area contributed by atoms with Crippen LogP contribution >= 0.6 is 0 Å². The summed E-state index contributed by atoms with van der Waals surface area (Å²) in [5, 5.41) is 3.50. The molecule has 3 N–H and O–H groups in total. The van der Waals surface area contributed by atoms with Crippen molar-refractivity contribution in [3.63, 3.8) is 0 Å². The summed E-state index contributed by atoms with van der Waals surface area (Å²) in [5.74, 6) is 0. The van der Waals surface area contributed by atoms with Crippen molar-refractivity contribution in [2.75, 3.05) is 26.8 Å². The molecule has 4 heteroatoms. The van der Waals surface area contributed by atoms with Crippen molar-refractivity contribution in [2.24, 2.45) is 10.7 Å². The van der Waals surface area contributed by atoms with Crippen LogP contribution in [0.5, 0.6) is 0 Å². The van der Waals surface area contributed by atoms with Crippen LogP contribution in [-0.2, 0) is 4.74 Å². The first-order valence-electron chi connectivity index (χ1n) is 10.8. The van der Waals surface area contributed by atoms with Crippen LogP contribution in [0.2, 0.25) is 0 Å². The number of hydrogen-bond acceptors (Lipinski definition) is 4. The normalized spacial score (nSPS) is 15.3. The van der Waals surface area contributed by atoms with Crippen LogP contribution in [-0.4, -0.2) is 38.6 Å². The van der Waals surface area contributed by atoms with Gasteiger partial charge >= 0.3 is 0 Å². The molecule has 0 saturated carbocycles. The van der Waals surface area contributed by atoms with E-state index in [1.165, 1.54) is 0 Å². The Kier molecular flexibility index (Phi) is 14.5. The van der Waals surface area contributed by atoms with Gasteiger partial charge in [-0.25, -0.2) is 0 Å². The van der Waals surface area contributed by atoms with E-state index in [1.807, 2.05) is 32.9 Å². The van der Waals surface area contributed by atoms with Crippen molar-refractivity contribution in [3.05, 3.63) is 71.5 Å². The van der Waals surface area contributed by atoms with Crippen LogP contribution in [0, 0.1) is 0 Å². The molecule has 1 atom stereocenters. The Balaban J connectivity index is 5.35. The van der Waals surface area contributed by atoms with E-state index in [4.69, 9.17) is 15.5 Å². The SMILES string of the molecule is C=C/C(C)=C(/C=C(\C=C)C(N)=C(C)C(C)=NCCCNC(CC)COC)C(=C)CC. The van der Waals surface area contributed by atoms with Gasteiger partial charge in [0.25, 0.3) is 0 Å². The number of nitrogens with two attached hydrogens (primary N) is 1. The lowest BCUT2D eigenvalue weighted by atomic mass is 9.95. The average molecular weight is 414 g/mol. The smallest absolute Gasteiger partial charge is 0.0615 e. The first-order chi connectivity index (χ1) is 14.3. The van der Waals surface area contributed by atoms with E-state index in [2.05, 4.69) is 38.9 Å². The number of ether oxygens (including phenoxy) is 1. The Hall–Kier alpha value is -2.17. The Morgan fingerprint density at radius 2 is 1.83 bits per heavy atom. The van der Waals surface area contributed by atoms with Crippen LogP contribution < -0.4 is 11.1 Å². The molecule has 0 spiro atoms. The van der Waals surface area contributed by atoms with Crippen LogP contribution in [0.15, 0.2) is 76.5 Å². The molecule has 0 aromatic carbocycles. The molecule has 0 bridgehead atoms. The predicted octanol–water partition coefficient (Wildman–Crippen LogP) is 5.67. The summed E-state index contributed by atoms with van der Waals surface area (Å²) in [7, 11) is 1.74. The van der Waals surface area contributed by atoms with Gasteiger partial charge in [-0.2, -0.15) is 0 Å². The minimum absolute atomic E-state index is 0.400. The fourth-order valence-electron chi connectivity index (χ4n) is 2.88. The standard InChI is InChI=1S/C26H43N3O/c1-10-19(5)25(20(6)11-2)17-23(12-3)26(27)21(7)22(8)28-15-14-16-29-24(13-4)18-30-9/h10,12,17,24,29H,1,3,6,11,13-16,18,27H2,2,4-5,7-9H3/b23-17+,25-19-,26-21?,28-22?. The van der Waals surface area contributed by atoms with Crippen molar-refractivity contribution < 1.29 is 4.74 Å². The number of allylic oxidation sites excluding steroid dienone is 7. The average Bonchev–Trinajstić information content (AvgIpc) is 2.76. The zero-order chi connectivity index (χ0) is 23.1. The molecule has 168 valence electrons. The number of rotatable bonds is 15. The van der Waals surface area contributed by atoms with E-state index < -0.39 is 0 Å². The van der Waals surface area contributed by atoms with Crippen molar-refractivity contribution >= 4 is 5.71 Å². The van der Waals surface area contributed by atoms with E-state index in [-0.39, 0.29) is 0 Å². The molecule has 0 heterocycles. The third-order valence-electron chi connectivity index (χ3n) is 5.29. The fraction of sp³-hybridized carbons (Fsp3) is 0.500. The topological polar surface area (TPSA) is 59.6 Å². The summed E-state index contributed by atoms with van der Waals surface area (Å²) in [6.45, 7) is 24.7. The molecule has 4 nitrogen and oxygen atoms in total. The van der Waals surface area contributed by atoms with Gasteiger partial charge in [0.2, 0.25) is 0 Å². The molecule has 0 aromatic heterocycles.